The number of ether oxygens (including phenoxy) is 4. The lowest BCUT2D eigenvalue weighted by molar-refractivity contribution is -0.161. The van der Waals surface area contributed by atoms with Crippen molar-refractivity contribution in [3.63, 3.8) is 0 Å². The summed E-state index contributed by atoms with van der Waals surface area (Å²) >= 11 is 0. The molecule has 0 saturated carbocycles. The van der Waals surface area contributed by atoms with Gasteiger partial charge in [-0.2, -0.15) is 0 Å². The van der Waals surface area contributed by atoms with Crippen molar-refractivity contribution in [3.05, 3.63) is 0 Å². The number of rotatable bonds is 62. The molecule has 0 bridgehead atoms. The lowest BCUT2D eigenvalue weighted by Crippen LogP contribution is -2.30. The monoisotopic (exact) mass is 1240 g/mol. The first kappa shape index (κ1) is 82.1. The van der Waals surface area contributed by atoms with Crippen LogP contribution in [-0.4, -0.2) is 96.7 Å². The summed E-state index contributed by atoms with van der Waals surface area (Å²) in [5, 5.41) is 10.5. The first-order valence-corrected chi connectivity index (χ1v) is 36.7. The fourth-order valence-electron chi connectivity index (χ4n) is 9.61. The molecule has 0 aromatic carbocycles. The molecule has 84 heavy (non-hydrogen) atoms. The van der Waals surface area contributed by atoms with Gasteiger partial charge in [-0.25, -0.2) is 9.13 Å². The van der Waals surface area contributed by atoms with Crippen LogP contribution in [0.3, 0.4) is 0 Å². The van der Waals surface area contributed by atoms with Gasteiger partial charge in [0.05, 0.1) is 26.4 Å². The third-order valence-electron chi connectivity index (χ3n) is 14.8. The van der Waals surface area contributed by atoms with E-state index in [-0.39, 0.29) is 25.7 Å². The predicted octanol–water partition coefficient (Wildman–Crippen LogP) is 17.8. The molecule has 0 aromatic heterocycles. The molecule has 19 heteroatoms. The Morgan fingerprint density at radius 2 is 0.500 bits per heavy atom. The molecule has 0 aliphatic rings. The maximum absolute atomic E-state index is 13.0. The largest absolute Gasteiger partial charge is 0.472 e. The molecule has 3 N–H and O–H groups in total. The molecule has 0 saturated heterocycles. The number of aliphatic hydroxyl groups is 1. The maximum atomic E-state index is 13.0. The Morgan fingerprint density at radius 3 is 0.738 bits per heavy atom. The average molecular weight is 1240 g/mol. The van der Waals surface area contributed by atoms with E-state index >= 15 is 0 Å². The first-order chi connectivity index (χ1) is 40.1. The normalized spacial score (nSPS) is 14.4. The molecule has 0 aliphatic carbocycles. The number of phosphoric ester groups is 2. The quantitative estimate of drug-likeness (QED) is 0.0222. The predicted molar refractivity (Wildman–Crippen MR) is 335 cm³/mol. The molecular formula is C65H126O17P2. The summed E-state index contributed by atoms with van der Waals surface area (Å²) < 4.78 is 68.0. The van der Waals surface area contributed by atoms with Crippen molar-refractivity contribution in [1.29, 1.82) is 0 Å². The Morgan fingerprint density at radius 1 is 0.298 bits per heavy atom. The summed E-state index contributed by atoms with van der Waals surface area (Å²) in [5.41, 5.74) is 0. The van der Waals surface area contributed by atoms with Crippen LogP contribution >= 0.6 is 15.6 Å². The second-order valence-corrected chi connectivity index (χ2v) is 28.3. The molecule has 17 nitrogen and oxygen atoms in total. The first-order valence-electron chi connectivity index (χ1n) is 33.7. The summed E-state index contributed by atoms with van der Waals surface area (Å²) in [4.78, 5) is 72.2. The van der Waals surface area contributed by atoms with E-state index in [4.69, 9.17) is 37.0 Å². The summed E-state index contributed by atoms with van der Waals surface area (Å²) in [6, 6.07) is 0. The van der Waals surface area contributed by atoms with Crippen molar-refractivity contribution in [2.24, 2.45) is 23.7 Å². The second kappa shape index (κ2) is 55.2. The van der Waals surface area contributed by atoms with E-state index in [0.717, 1.165) is 108 Å². The molecule has 498 valence electrons. The number of carbonyl (C=O) groups is 4. The number of unbranched alkanes of at least 4 members (excludes halogenated alkanes) is 28. The Hall–Kier alpha value is -1.94. The van der Waals surface area contributed by atoms with Crippen molar-refractivity contribution in [2.75, 3.05) is 39.6 Å². The lowest BCUT2D eigenvalue weighted by Gasteiger charge is -2.21. The minimum atomic E-state index is -4.95. The minimum Gasteiger partial charge on any atom is -0.462 e. The van der Waals surface area contributed by atoms with E-state index in [1.54, 1.807) is 0 Å². The number of phosphoric acid groups is 2. The van der Waals surface area contributed by atoms with Crippen molar-refractivity contribution in [2.45, 2.75) is 331 Å². The van der Waals surface area contributed by atoms with E-state index < -0.39 is 97.5 Å². The van der Waals surface area contributed by atoms with Crippen LogP contribution in [0.1, 0.15) is 312 Å². The van der Waals surface area contributed by atoms with Gasteiger partial charge in [0.15, 0.2) is 12.2 Å². The number of esters is 4. The van der Waals surface area contributed by atoms with Gasteiger partial charge in [0.1, 0.15) is 19.3 Å². The van der Waals surface area contributed by atoms with Gasteiger partial charge >= 0.3 is 39.5 Å². The minimum absolute atomic E-state index is 0.102. The van der Waals surface area contributed by atoms with Crippen LogP contribution < -0.4 is 0 Å². The Kier molecular flexibility index (Phi) is 53.9. The summed E-state index contributed by atoms with van der Waals surface area (Å²) in [5.74, 6) is 0.731. The molecule has 0 fully saturated rings. The number of aliphatic hydroxyl groups excluding tert-OH is 1. The Bertz CT molecular complexity index is 1680. The third-order valence-corrected chi connectivity index (χ3v) is 16.7. The Balaban J connectivity index is 5.25. The van der Waals surface area contributed by atoms with Crippen molar-refractivity contribution < 1.29 is 80.2 Å². The zero-order valence-corrected chi connectivity index (χ0v) is 56.3. The topological polar surface area (TPSA) is 237 Å². The lowest BCUT2D eigenvalue weighted by atomic mass is 10.0. The van der Waals surface area contributed by atoms with Crippen LogP contribution in [0.4, 0.5) is 0 Å². The smallest absolute Gasteiger partial charge is 0.462 e. The molecule has 0 aliphatic heterocycles. The van der Waals surface area contributed by atoms with Gasteiger partial charge in [0.2, 0.25) is 0 Å². The SMILES string of the molecule is CC(C)CCCCCCCCCCCCC(=O)O[C@H](COC(=O)CCCCCCCCCCCC(C)C)COP(=O)(O)OC[C@@H](O)COP(=O)(O)OC[C@@H](COC(=O)CCCCCCCCC(C)C)OC(=O)CCCCCCCCCC(C)C. The van der Waals surface area contributed by atoms with Crippen molar-refractivity contribution in [3.8, 4) is 0 Å². The van der Waals surface area contributed by atoms with E-state index in [1.807, 2.05) is 0 Å². The highest BCUT2D eigenvalue weighted by atomic mass is 31.2. The van der Waals surface area contributed by atoms with Gasteiger partial charge in [-0.05, 0) is 49.4 Å². The molecule has 0 aromatic rings. The van der Waals surface area contributed by atoms with Gasteiger partial charge < -0.3 is 33.8 Å². The van der Waals surface area contributed by atoms with Crippen molar-refractivity contribution >= 4 is 39.5 Å². The summed E-state index contributed by atoms with van der Waals surface area (Å²) in [6.45, 7) is 13.9. The molecule has 0 rings (SSSR count). The van der Waals surface area contributed by atoms with E-state index in [9.17, 15) is 43.2 Å². The maximum Gasteiger partial charge on any atom is 0.472 e. The van der Waals surface area contributed by atoms with Gasteiger partial charge in [0, 0.05) is 25.7 Å². The molecule has 0 radical (unpaired) electrons. The molecule has 0 spiro atoms. The summed E-state index contributed by atoms with van der Waals surface area (Å²) in [6.07, 6.45) is 35.1. The van der Waals surface area contributed by atoms with Crippen LogP contribution in [0.15, 0.2) is 0 Å². The zero-order chi connectivity index (χ0) is 62.5. The fraction of sp³-hybridized carbons (Fsp3) is 0.938. The molecular weight excluding hydrogens is 1110 g/mol. The standard InChI is InChI=1S/C65H126O17P2/c1-55(2)41-33-25-17-12-9-10-14-21-31-39-47-64(69)81-60(51-75-62(67)45-37-29-20-15-11-13-18-26-34-42-56(3)4)53-79-83(71,72)77-49-59(66)50-78-84(73,74)80-54-61(52-76-63(68)46-38-30-24-23-28-36-44-58(7)8)82-65(70)48-40-32-22-16-19-27-35-43-57(5)6/h55-61,66H,9-54H2,1-8H3,(H,71,72)(H,73,74)/t59-,60-,61-/m1/s1. The van der Waals surface area contributed by atoms with Crippen LogP contribution in [0.25, 0.3) is 0 Å². The zero-order valence-electron chi connectivity index (χ0n) is 54.5. The van der Waals surface area contributed by atoms with Crippen LogP contribution in [0.2, 0.25) is 0 Å². The molecule has 0 heterocycles. The highest BCUT2D eigenvalue weighted by molar-refractivity contribution is 7.47. The molecule has 5 atom stereocenters. The summed E-state index contributed by atoms with van der Waals surface area (Å²) in [7, 11) is -9.89. The number of carbonyl (C=O) groups excluding carboxylic acids is 4. The van der Waals surface area contributed by atoms with Crippen LogP contribution in [-0.2, 0) is 65.4 Å². The Labute approximate surface area is 511 Å². The van der Waals surface area contributed by atoms with Crippen LogP contribution in [0, 0.1) is 23.7 Å². The highest BCUT2D eigenvalue weighted by Gasteiger charge is 2.30. The highest BCUT2D eigenvalue weighted by Crippen LogP contribution is 2.45. The third kappa shape index (κ3) is 59.0. The van der Waals surface area contributed by atoms with Gasteiger partial charge in [-0.1, -0.05) is 261 Å². The van der Waals surface area contributed by atoms with Gasteiger partial charge in [-0.3, -0.25) is 37.3 Å². The van der Waals surface area contributed by atoms with Crippen molar-refractivity contribution in [1.82, 2.24) is 0 Å². The van der Waals surface area contributed by atoms with Gasteiger partial charge in [-0.15, -0.1) is 0 Å². The van der Waals surface area contributed by atoms with Gasteiger partial charge in [0.25, 0.3) is 0 Å². The molecule has 2 unspecified atom stereocenters. The average Bonchev–Trinajstić information content (AvgIpc) is 3.43. The molecule has 0 amide bonds. The van der Waals surface area contributed by atoms with E-state index in [0.29, 0.717) is 37.5 Å². The van der Waals surface area contributed by atoms with E-state index in [2.05, 4.69) is 55.4 Å². The van der Waals surface area contributed by atoms with E-state index in [1.165, 1.54) is 109 Å². The second-order valence-electron chi connectivity index (χ2n) is 25.4. The van der Waals surface area contributed by atoms with Crippen LogP contribution in [0.5, 0.6) is 0 Å². The fourth-order valence-corrected chi connectivity index (χ4v) is 11.2. The number of hydrogen-bond acceptors (Lipinski definition) is 15. The number of hydrogen-bond donors (Lipinski definition) is 3.